The maximum Gasteiger partial charge on any atom is 0.410 e. The Kier molecular flexibility index (Phi) is 7.06. The average Bonchev–Trinajstić information content (AvgIpc) is 2.31. The van der Waals surface area contributed by atoms with E-state index in [9.17, 15) is 14.4 Å². The van der Waals surface area contributed by atoms with E-state index in [0.717, 1.165) is 4.90 Å². The van der Waals surface area contributed by atoms with Gasteiger partial charge in [0.15, 0.2) is 6.10 Å². The summed E-state index contributed by atoms with van der Waals surface area (Å²) in [5.41, 5.74) is -0.970. The standard InChI is InChI=1S/C16H29NO6/c1-10(12(18)19)22-13(20)11(9-15(2,3)4)17(8)14(21)23-16(5,6)7/h10-11H,9H2,1-8H3,(H,18,19)/t10-,11+/m1/s1. The third-order valence-electron chi connectivity index (χ3n) is 2.87. The van der Waals surface area contributed by atoms with Crippen LogP contribution in [0.25, 0.3) is 0 Å². The first-order valence-electron chi connectivity index (χ1n) is 7.53. The summed E-state index contributed by atoms with van der Waals surface area (Å²) < 4.78 is 10.2. The molecule has 0 heterocycles. The van der Waals surface area contributed by atoms with Crippen molar-refractivity contribution in [2.24, 2.45) is 5.41 Å². The smallest absolute Gasteiger partial charge is 0.410 e. The van der Waals surface area contributed by atoms with Crippen LogP contribution < -0.4 is 0 Å². The van der Waals surface area contributed by atoms with Crippen LogP contribution in [0.2, 0.25) is 0 Å². The van der Waals surface area contributed by atoms with Crippen LogP contribution in [-0.4, -0.2) is 52.8 Å². The lowest BCUT2D eigenvalue weighted by Gasteiger charge is -2.33. The highest BCUT2D eigenvalue weighted by molar-refractivity contribution is 5.84. The summed E-state index contributed by atoms with van der Waals surface area (Å²) in [4.78, 5) is 36.5. The Morgan fingerprint density at radius 2 is 1.57 bits per heavy atom. The number of likely N-dealkylation sites (N-methyl/N-ethyl adjacent to an activating group) is 1. The van der Waals surface area contributed by atoms with Crippen LogP contribution in [0.15, 0.2) is 0 Å². The monoisotopic (exact) mass is 331 g/mol. The van der Waals surface area contributed by atoms with Gasteiger partial charge < -0.3 is 14.6 Å². The van der Waals surface area contributed by atoms with Crippen LogP contribution in [0.1, 0.15) is 54.9 Å². The number of carboxylic acids is 1. The van der Waals surface area contributed by atoms with Crippen LogP contribution in [0.3, 0.4) is 0 Å². The summed E-state index contributed by atoms with van der Waals surface area (Å²) >= 11 is 0. The predicted molar refractivity (Wildman–Crippen MR) is 85.0 cm³/mol. The summed E-state index contributed by atoms with van der Waals surface area (Å²) in [6.07, 6.45) is -1.63. The predicted octanol–water partition coefficient (Wildman–Crippen LogP) is 2.67. The first kappa shape index (κ1) is 21.2. The molecule has 0 saturated heterocycles. The number of esters is 1. The van der Waals surface area contributed by atoms with E-state index in [1.165, 1.54) is 14.0 Å². The molecule has 0 aromatic rings. The van der Waals surface area contributed by atoms with Crippen LogP contribution in [0.4, 0.5) is 4.79 Å². The molecule has 0 aliphatic carbocycles. The molecule has 0 fully saturated rings. The van der Waals surface area contributed by atoms with Crippen molar-refractivity contribution >= 4 is 18.0 Å². The fraction of sp³-hybridized carbons (Fsp3) is 0.812. The minimum atomic E-state index is -1.28. The van der Waals surface area contributed by atoms with E-state index in [-0.39, 0.29) is 5.41 Å². The van der Waals surface area contributed by atoms with E-state index < -0.39 is 35.8 Å². The SMILES string of the molecule is C[C@@H](OC(=O)[C@H](CC(C)(C)C)N(C)C(=O)OC(C)(C)C)C(=O)O. The van der Waals surface area contributed by atoms with Gasteiger partial charge in [-0.1, -0.05) is 20.8 Å². The molecular weight excluding hydrogens is 302 g/mol. The van der Waals surface area contributed by atoms with Gasteiger partial charge in [0.05, 0.1) is 0 Å². The van der Waals surface area contributed by atoms with E-state index in [0.29, 0.717) is 6.42 Å². The van der Waals surface area contributed by atoms with E-state index >= 15 is 0 Å². The van der Waals surface area contributed by atoms with Gasteiger partial charge >= 0.3 is 18.0 Å². The highest BCUT2D eigenvalue weighted by Gasteiger charge is 2.35. The van der Waals surface area contributed by atoms with Gasteiger partial charge in [0.25, 0.3) is 0 Å². The average molecular weight is 331 g/mol. The highest BCUT2D eigenvalue weighted by Crippen LogP contribution is 2.25. The molecule has 0 aromatic carbocycles. The van der Waals surface area contributed by atoms with Gasteiger partial charge in [-0.05, 0) is 39.5 Å². The normalized spacial score (nSPS) is 14.6. The maximum atomic E-state index is 12.3. The molecule has 7 heteroatoms. The van der Waals surface area contributed by atoms with Crippen molar-refractivity contribution < 1.29 is 29.0 Å². The quantitative estimate of drug-likeness (QED) is 0.779. The van der Waals surface area contributed by atoms with Crippen molar-refractivity contribution in [2.75, 3.05) is 7.05 Å². The molecule has 0 aromatic heterocycles. The van der Waals surface area contributed by atoms with E-state index in [4.69, 9.17) is 14.6 Å². The Morgan fingerprint density at radius 1 is 1.09 bits per heavy atom. The number of carbonyl (C=O) groups is 3. The van der Waals surface area contributed by atoms with Crippen LogP contribution in [-0.2, 0) is 19.1 Å². The second kappa shape index (κ2) is 7.66. The minimum Gasteiger partial charge on any atom is -0.479 e. The Balaban J connectivity index is 5.24. The minimum absolute atomic E-state index is 0.271. The van der Waals surface area contributed by atoms with Crippen LogP contribution in [0, 0.1) is 5.41 Å². The number of carbonyl (C=O) groups excluding carboxylic acids is 2. The fourth-order valence-corrected chi connectivity index (χ4v) is 1.72. The summed E-state index contributed by atoms with van der Waals surface area (Å²) in [5.74, 6) is -2.00. The molecule has 2 atom stereocenters. The summed E-state index contributed by atoms with van der Waals surface area (Å²) in [7, 11) is 1.44. The van der Waals surface area contributed by atoms with Gasteiger partial charge in [-0.2, -0.15) is 0 Å². The zero-order valence-electron chi connectivity index (χ0n) is 15.3. The molecule has 134 valence electrons. The van der Waals surface area contributed by atoms with Crippen LogP contribution >= 0.6 is 0 Å². The molecular formula is C16H29NO6. The molecule has 0 unspecified atom stereocenters. The maximum absolute atomic E-state index is 12.3. The largest absolute Gasteiger partial charge is 0.479 e. The van der Waals surface area contributed by atoms with Gasteiger partial charge in [0, 0.05) is 7.05 Å². The Hall–Kier alpha value is -1.79. The molecule has 0 saturated carbocycles. The first-order chi connectivity index (χ1) is 10.1. The number of nitrogens with zero attached hydrogens (tertiary/aromatic N) is 1. The zero-order chi connectivity index (χ0) is 18.6. The molecule has 0 rings (SSSR count). The zero-order valence-corrected chi connectivity index (χ0v) is 15.3. The number of carboxylic acid groups (broad SMARTS) is 1. The van der Waals surface area contributed by atoms with Crippen molar-refractivity contribution in [2.45, 2.75) is 72.6 Å². The van der Waals surface area contributed by atoms with E-state index in [2.05, 4.69) is 0 Å². The molecule has 0 aliphatic rings. The molecule has 1 N–H and O–H groups in total. The third-order valence-corrected chi connectivity index (χ3v) is 2.87. The van der Waals surface area contributed by atoms with Crippen molar-refractivity contribution in [1.29, 1.82) is 0 Å². The lowest BCUT2D eigenvalue weighted by atomic mass is 9.87. The Bertz CT molecular complexity index is 446. The number of ether oxygens (including phenoxy) is 2. The third kappa shape index (κ3) is 8.42. The lowest BCUT2D eigenvalue weighted by Crippen LogP contribution is -2.48. The van der Waals surface area contributed by atoms with Crippen molar-refractivity contribution in [3.8, 4) is 0 Å². The second-order valence-corrected chi connectivity index (χ2v) is 7.79. The molecule has 1 amide bonds. The van der Waals surface area contributed by atoms with Crippen molar-refractivity contribution in [1.82, 2.24) is 4.90 Å². The van der Waals surface area contributed by atoms with Gasteiger partial charge in [-0.3, -0.25) is 4.90 Å². The van der Waals surface area contributed by atoms with Gasteiger partial charge in [0.1, 0.15) is 11.6 Å². The number of aliphatic carboxylic acids is 1. The van der Waals surface area contributed by atoms with Gasteiger partial charge in [-0.25, -0.2) is 14.4 Å². The molecule has 7 nitrogen and oxygen atoms in total. The second-order valence-electron chi connectivity index (χ2n) is 7.79. The Labute approximate surface area is 137 Å². The Morgan fingerprint density at radius 3 is 1.91 bits per heavy atom. The van der Waals surface area contributed by atoms with Gasteiger partial charge in [-0.15, -0.1) is 0 Å². The molecule has 23 heavy (non-hydrogen) atoms. The number of hydrogen-bond donors (Lipinski definition) is 1. The molecule has 0 radical (unpaired) electrons. The topological polar surface area (TPSA) is 93.1 Å². The van der Waals surface area contributed by atoms with Crippen LogP contribution in [0.5, 0.6) is 0 Å². The molecule has 0 bridgehead atoms. The number of hydrogen-bond acceptors (Lipinski definition) is 5. The van der Waals surface area contributed by atoms with Crippen molar-refractivity contribution in [3.05, 3.63) is 0 Å². The van der Waals surface area contributed by atoms with E-state index in [1.54, 1.807) is 20.8 Å². The lowest BCUT2D eigenvalue weighted by molar-refractivity contribution is -0.166. The first-order valence-corrected chi connectivity index (χ1v) is 7.53. The molecule has 0 aliphatic heterocycles. The summed E-state index contributed by atoms with van der Waals surface area (Å²) in [6.45, 7) is 12.2. The van der Waals surface area contributed by atoms with E-state index in [1.807, 2.05) is 20.8 Å². The summed E-state index contributed by atoms with van der Waals surface area (Å²) in [6, 6.07) is -0.924. The fourth-order valence-electron chi connectivity index (χ4n) is 1.72. The number of rotatable bonds is 5. The number of amides is 1. The summed E-state index contributed by atoms with van der Waals surface area (Å²) in [5, 5.41) is 8.86. The highest BCUT2D eigenvalue weighted by atomic mass is 16.6. The molecule has 0 spiro atoms. The van der Waals surface area contributed by atoms with Gasteiger partial charge in [0.2, 0.25) is 0 Å². The van der Waals surface area contributed by atoms with Crippen molar-refractivity contribution in [3.63, 3.8) is 0 Å².